The number of rotatable bonds is 5. The first-order chi connectivity index (χ1) is 5.87. The van der Waals surface area contributed by atoms with Crippen molar-refractivity contribution in [3.8, 4) is 0 Å². The number of hydrogen-bond acceptors (Lipinski definition) is 7. The SMILES string of the molecule is OCC(O)C(O)C(O)(O)C(O)CO. The molecule has 0 fully saturated rings. The molecule has 80 valence electrons. The molecule has 0 saturated carbocycles. The molecule has 0 aliphatic rings. The molecule has 0 saturated heterocycles. The summed E-state index contributed by atoms with van der Waals surface area (Å²) in [6.07, 6.45) is -6.00. The molecule has 7 heteroatoms. The van der Waals surface area contributed by atoms with Crippen LogP contribution in [0.1, 0.15) is 0 Å². The Morgan fingerprint density at radius 3 is 1.69 bits per heavy atom. The van der Waals surface area contributed by atoms with Crippen molar-refractivity contribution in [3.63, 3.8) is 0 Å². The molecule has 0 amide bonds. The van der Waals surface area contributed by atoms with E-state index in [2.05, 4.69) is 0 Å². The van der Waals surface area contributed by atoms with Gasteiger partial charge < -0.3 is 35.7 Å². The Labute approximate surface area is 74.1 Å². The van der Waals surface area contributed by atoms with Gasteiger partial charge in [0.25, 0.3) is 0 Å². The molecule has 3 atom stereocenters. The molecular weight excluding hydrogens is 184 g/mol. The lowest BCUT2D eigenvalue weighted by molar-refractivity contribution is -0.297. The van der Waals surface area contributed by atoms with Gasteiger partial charge in [-0.25, -0.2) is 0 Å². The average molecular weight is 198 g/mol. The van der Waals surface area contributed by atoms with Gasteiger partial charge in [0, 0.05) is 0 Å². The number of aliphatic hydroxyl groups excluding tert-OH is 5. The van der Waals surface area contributed by atoms with E-state index in [0.717, 1.165) is 0 Å². The summed E-state index contributed by atoms with van der Waals surface area (Å²) in [6.45, 7) is -1.90. The lowest BCUT2D eigenvalue weighted by Gasteiger charge is -2.32. The van der Waals surface area contributed by atoms with Crippen LogP contribution in [0, 0.1) is 0 Å². The Hall–Kier alpha value is -0.280. The Bertz CT molecular complexity index is 148. The highest BCUT2D eigenvalue weighted by atomic mass is 16.5. The van der Waals surface area contributed by atoms with E-state index >= 15 is 0 Å². The van der Waals surface area contributed by atoms with E-state index in [1.807, 2.05) is 0 Å². The van der Waals surface area contributed by atoms with Gasteiger partial charge in [0.15, 0.2) is 0 Å². The predicted octanol–water partition coefficient (Wildman–Crippen LogP) is -4.27. The largest absolute Gasteiger partial charge is 0.394 e. The quantitative estimate of drug-likeness (QED) is 0.222. The third kappa shape index (κ3) is 2.85. The summed E-state index contributed by atoms with van der Waals surface area (Å²) in [7, 11) is 0. The van der Waals surface area contributed by atoms with Crippen LogP contribution in [0.2, 0.25) is 0 Å². The molecule has 0 aliphatic carbocycles. The van der Waals surface area contributed by atoms with E-state index in [9.17, 15) is 0 Å². The molecular formula is C6H14O7. The third-order valence-electron chi connectivity index (χ3n) is 1.65. The predicted molar refractivity (Wildman–Crippen MR) is 39.4 cm³/mol. The van der Waals surface area contributed by atoms with E-state index in [1.54, 1.807) is 0 Å². The zero-order valence-electron chi connectivity index (χ0n) is 6.78. The van der Waals surface area contributed by atoms with Gasteiger partial charge in [-0.3, -0.25) is 0 Å². The van der Waals surface area contributed by atoms with Gasteiger partial charge in [-0.2, -0.15) is 0 Å². The van der Waals surface area contributed by atoms with Crippen LogP contribution < -0.4 is 0 Å². The molecule has 7 nitrogen and oxygen atoms in total. The molecule has 13 heavy (non-hydrogen) atoms. The summed E-state index contributed by atoms with van der Waals surface area (Å²) < 4.78 is 0. The van der Waals surface area contributed by atoms with Crippen molar-refractivity contribution in [3.05, 3.63) is 0 Å². The normalized spacial score (nSPS) is 19.6. The summed E-state index contributed by atoms with van der Waals surface area (Å²) >= 11 is 0. The molecule has 3 unspecified atom stereocenters. The smallest absolute Gasteiger partial charge is 0.221 e. The highest BCUT2D eigenvalue weighted by Crippen LogP contribution is 2.15. The van der Waals surface area contributed by atoms with Crippen LogP contribution in [0.5, 0.6) is 0 Å². The van der Waals surface area contributed by atoms with Crippen LogP contribution in [0.25, 0.3) is 0 Å². The van der Waals surface area contributed by atoms with Crippen LogP contribution in [-0.2, 0) is 0 Å². The van der Waals surface area contributed by atoms with Crippen molar-refractivity contribution < 1.29 is 35.7 Å². The van der Waals surface area contributed by atoms with Crippen LogP contribution in [0.3, 0.4) is 0 Å². The fourth-order valence-electron chi connectivity index (χ4n) is 0.714. The summed E-state index contributed by atoms with van der Waals surface area (Å²) in [5.74, 6) is -3.06. The lowest BCUT2D eigenvalue weighted by atomic mass is 10.00. The zero-order chi connectivity index (χ0) is 10.6. The first kappa shape index (κ1) is 12.7. The second-order valence-corrected chi connectivity index (χ2v) is 2.68. The molecule has 0 aromatic rings. The Morgan fingerprint density at radius 1 is 0.923 bits per heavy atom. The fourth-order valence-corrected chi connectivity index (χ4v) is 0.714. The molecule has 0 bridgehead atoms. The second kappa shape index (κ2) is 4.82. The lowest BCUT2D eigenvalue weighted by Crippen LogP contribution is -2.58. The third-order valence-corrected chi connectivity index (χ3v) is 1.65. The van der Waals surface area contributed by atoms with Gasteiger partial charge in [-0.15, -0.1) is 0 Å². The monoisotopic (exact) mass is 198 g/mol. The van der Waals surface area contributed by atoms with Gasteiger partial charge in [0.2, 0.25) is 5.79 Å². The molecule has 7 N–H and O–H groups in total. The van der Waals surface area contributed by atoms with E-state index < -0.39 is 37.3 Å². The summed E-state index contributed by atoms with van der Waals surface area (Å²) in [6, 6.07) is 0. The molecule has 0 spiro atoms. The van der Waals surface area contributed by atoms with E-state index in [4.69, 9.17) is 35.7 Å². The maximum atomic E-state index is 8.98. The first-order valence-corrected chi connectivity index (χ1v) is 3.58. The number of aliphatic hydroxyl groups is 7. The summed E-state index contributed by atoms with van der Waals surface area (Å²) in [5.41, 5.74) is 0. The standard InChI is InChI=1S/C6H14O7/c7-1-3(9)5(11)6(12,13)4(10)2-8/h3-5,7-13H,1-2H2. The minimum Gasteiger partial charge on any atom is -0.394 e. The number of hydrogen-bond donors (Lipinski definition) is 7. The highest BCUT2D eigenvalue weighted by molar-refractivity contribution is 4.86. The van der Waals surface area contributed by atoms with E-state index in [-0.39, 0.29) is 0 Å². The van der Waals surface area contributed by atoms with E-state index in [1.165, 1.54) is 0 Å². The van der Waals surface area contributed by atoms with Crippen molar-refractivity contribution in [1.82, 2.24) is 0 Å². The second-order valence-electron chi connectivity index (χ2n) is 2.68. The van der Waals surface area contributed by atoms with Gasteiger partial charge in [0.1, 0.15) is 18.3 Å². The van der Waals surface area contributed by atoms with Crippen molar-refractivity contribution in [1.29, 1.82) is 0 Å². The topological polar surface area (TPSA) is 142 Å². The fraction of sp³-hybridized carbons (Fsp3) is 1.00. The maximum Gasteiger partial charge on any atom is 0.221 e. The van der Waals surface area contributed by atoms with Crippen LogP contribution in [-0.4, -0.2) is 73.1 Å². The van der Waals surface area contributed by atoms with Crippen molar-refractivity contribution in [2.24, 2.45) is 0 Å². The molecule has 0 heterocycles. The van der Waals surface area contributed by atoms with Gasteiger partial charge in [-0.1, -0.05) is 0 Å². The van der Waals surface area contributed by atoms with Gasteiger partial charge in [-0.05, 0) is 0 Å². The van der Waals surface area contributed by atoms with Crippen molar-refractivity contribution in [2.45, 2.75) is 24.1 Å². The Morgan fingerprint density at radius 2 is 1.38 bits per heavy atom. The van der Waals surface area contributed by atoms with Gasteiger partial charge in [0.05, 0.1) is 13.2 Å². The summed E-state index contributed by atoms with van der Waals surface area (Å²) in [5, 5.41) is 61.2. The van der Waals surface area contributed by atoms with Crippen molar-refractivity contribution in [2.75, 3.05) is 13.2 Å². The van der Waals surface area contributed by atoms with Crippen molar-refractivity contribution >= 4 is 0 Å². The minimum absolute atomic E-state index is 0.901. The molecule has 0 aliphatic heterocycles. The highest BCUT2D eigenvalue weighted by Gasteiger charge is 2.44. The molecule has 0 radical (unpaired) electrons. The first-order valence-electron chi connectivity index (χ1n) is 3.58. The van der Waals surface area contributed by atoms with Gasteiger partial charge >= 0.3 is 0 Å². The maximum absolute atomic E-state index is 8.98. The van der Waals surface area contributed by atoms with E-state index in [0.29, 0.717) is 0 Å². The zero-order valence-corrected chi connectivity index (χ0v) is 6.78. The molecule has 0 rings (SSSR count). The van der Waals surface area contributed by atoms with Crippen LogP contribution in [0.4, 0.5) is 0 Å². The van der Waals surface area contributed by atoms with Crippen LogP contribution in [0.15, 0.2) is 0 Å². The Kier molecular flexibility index (Phi) is 4.71. The molecule has 0 aromatic heterocycles. The van der Waals surface area contributed by atoms with Crippen LogP contribution >= 0.6 is 0 Å². The summed E-state index contributed by atoms with van der Waals surface area (Å²) in [4.78, 5) is 0. The Balaban J connectivity index is 4.42. The average Bonchev–Trinajstić information content (AvgIpc) is 2.13. The minimum atomic E-state index is -3.06. The molecule has 0 aromatic carbocycles.